The zero-order valence-corrected chi connectivity index (χ0v) is 18.2. The monoisotopic (exact) mass is 398 g/mol. The molecule has 1 aromatic rings. The molecule has 0 saturated carbocycles. The number of nitrogens with zero attached hydrogens (tertiary/aromatic N) is 2. The molecule has 2 fully saturated rings. The fraction of sp³-hybridized carbons (Fsp3) is 0.640. The highest BCUT2D eigenvalue weighted by Crippen LogP contribution is 2.17. The van der Waals surface area contributed by atoms with Crippen molar-refractivity contribution < 1.29 is 9.53 Å². The van der Waals surface area contributed by atoms with Gasteiger partial charge < -0.3 is 14.5 Å². The molecule has 1 aromatic carbocycles. The summed E-state index contributed by atoms with van der Waals surface area (Å²) in [6.45, 7) is 9.87. The third-order valence-electron chi connectivity index (χ3n) is 6.23. The summed E-state index contributed by atoms with van der Waals surface area (Å²) in [6.07, 6.45) is 11.9. The minimum Gasteiger partial charge on any atom is -0.494 e. The molecule has 0 aromatic heterocycles. The van der Waals surface area contributed by atoms with Gasteiger partial charge in [0.15, 0.2) is 5.78 Å². The van der Waals surface area contributed by atoms with Gasteiger partial charge >= 0.3 is 0 Å². The number of ether oxygens (including phenoxy) is 1. The molecule has 2 aliphatic rings. The van der Waals surface area contributed by atoms with Gasteiger partial charge in [0, 0.05) is 19.5 Å². The van der Waals surface area contributed by atoms with Gasteiger partial charge in [0.25, 0.3) is 0 Å². The smallest absolute Gasteiger partial charge is 0.156 e. The van der Waals surface area contributed by atoms with Crippen LogP contribution in [0.1, 0.15) is 57.4 Å². The fourth-order valence-corrected chi connectivity index (χ4v) is 4.16. The maximum absolute atomic E-state index is 12.2. The maximum atomic E-state index is 12.2. The molecule has 2 heterocycles. The predicted molar refractivity (Wildman–Crippen MR) is 120 cm³/mol. The van der Waals surface area contributed by atoms with E-state index in [1.165, 1.54) is 45.2 Å². The first-order chi connectivity index (χ1) is 14.2. The van der Waals surface area contributed by atoms with Gasteiger partial charge in [-0.05, 0) is 88.0 Å². The first-order valence-electron chi connectivity index (χ1n) is 11.6. The average Bonchev–Trinajstić information content (AvgIpc) is 2.76. The standard InChI is InChI=1S/C25H38N2O2/c1-22-12-18-27(19-13-22)20-14-24(28)9-6-23-7-10-25(11-8-23)29-21-5-17-26-15-3-2-4-16-26/h6-11,22H,2-5,12-21H2,1H3/b9-6+. The van der Waals surface area contributed by atoms with Gasteiger partial charge in [0.2, 0.25) is 0 Å². The molecule has 0 radical (unpaired) electrons. The fourth-order valence-electron chi connectivity index (χ4n) is 4.16. The Morgan fingerprint density at radius 2 is 1.69 bits per heavy atom. The van der Waals surface area contributed by atoms with Crippen molar-refractivity contribution in [2.75, 3.05) is 45.9 Å². The van der Waals surface area contributed by atoms with Crippen molar-refractivity contribution in [2.45, 2.75) is 51.9 Å². The molecule has 3 rings (SSSR count). The summed E-state index contributed by atoms with van der Waals surface area (Å²) in [4.78, 5) is 17.1. The summed E-state index contributed by atoms with van der Waals surface area (Å²) < 4.78 is 5.87. The van der Waals surface area contributed by atoms with Gasteiger partial charge in [-0.25, -0.2) is 0 Å². The quantitative estimate of drug-likeness (QED) is 0.424. The van der Waals surface area contributed by atoms with Crippen molar-refractivity contribution in [1.82, 2.24) is 9.80 Å². The first-order valence-corrected chi connectivity index (χ1v) is 11.6. The highest BCUT2D eigenvalue weighted by atomic mass is 16.5. The third kappa shape index (κ3) is 8.31. The maximum Gasteiger partial charge on any atom is 0.156 e. The molecule has 0 N–H and O–H groups in total. The van der Waals surface area contributed by atoms with E-state index in [-0.39, 0.29) is 5.78 Å². The molecule has 0 amide bonds. The topological polar surface area (TPSA) is 32.8 Å². The van der Waals surface area contributed by atoms with Crippen molar-refractivity contribution >= 4 is 11.9 Å². The lowest BCUT2D eigenvalue weighted by atomic mass is 9.99. The number of benzene rings is 1. The number of likely N-dealkylation sites (tertiary alicyclic amines) is 2. The lowest BCUT2D eigenvalue weighted by Crippen LogP contribution is -2.34. The van der Waals surface area contributed by atoms with Crippen LogP contribution in [0.3, 0.4) is 0 Å². The minimum atomic E-state index is 0.210. The van der Waals surface area contributed by atoms with Gasteiger partial charge in [-0.1, -0.05) is 31.6 Å². The van der Waals surface area contributed by atoms with E-state index in [0.29, 0.717) is 6.42 Å². The van der Waals surface area contributed by atoms with Crippen LogP contribution in [0.15, 0.2) is 30.3 Å². The number of hydrogen-bond donors (Lipinski definition) is 0. The molecule has 2 aliphatic heterocycles. The van der Waals surface area contributed by atoms with E-state index >= 15 is 0 Å². The van der Waals surface area contributed by atoms with Gasteiger partial charge in [0.1, 0.15) is 5.75 Å². The number of carbonyl (C=O) groups is 1. The molecule has 2 saturated heterocycles. The summed E-state index contributed by atoms with van der Waals surface area (Å²) in [5.41, 5.74) is 1.05. The van der Waals surface area contributed by atoms with Crippen LogP contribution in [0.25, 0.3) is 6.08 Å². The second kappa shape index (κ2) is 12.1. The Balaban J connectivity index is 1.31. The van der Waals surface area contributed by atoms with Crippen molar-refractivity contribution in [3.63, 3.8) is 0 Å². The van der Waals surface area contributed by atoms with Crippen molar-refractivity contribution in [3.8, 4) is 5.75 Å². The Kier molecular flexibility index (Phi) is 9.23. The molecule has 0 spiro atoms. The van der Waals surface area contributed by atoms with E-state index in [1.807, 2.05) is 30.3 Å². The number of carbonyl (C=O) groups excluding carboxylic acids is 1. The molecule has 0 atom stereocenters. The first kappa shape index (κ1) is 22.0. The van der Waals surface area contributed by atoms with Crippen LogP contribution in [0.2, 0.25) is 0 Å². The summed E-state index contributed by atoms with van der Waals surface area (Å²) in [6, 6.07) is 8.05. The molecular weight excluding hydrogens is 360 g/mol. The van der Waals surface area contributed by atoms with E-state index < -0.39 is 0 Å². The van der Waals surface area contributed by atoms with Crippen LogP contribution < -0.4 is 4.74 Å². The number of allylic oxidation sites excluding steroid dienone is 1. The Morgan fingerprint density at radius 3 is 2.41 bits per heavy atom. The summed E-state index contributed by atoms with van der Waals surface area (Å²) in [7, 11) is 0. The molecular formula is C25H38N2O2. The third-order valence-corrected chi connectivity index (χ3v) is 6.23. The molecule has 160 valence electrons. The van der Waals surface area contributed by atoms with Crippen molar-refractivity contribution in [2.24, 2.45) is 5.92 Å². The predicted octanol–water partition coefficient (Wildman–Crippen LogP) is 4.65. The van der Waals surface area contributed by atoms with E-state index in [0.717, 1.165) is 56.4 Å². The average molecular weight is 399 g/mol. The number of rotatable bonds is 10. The van der Waals surface area contributed by atoms with Crippen LogP contribution in [0.5, 0.6) is 5.75 Å². The largest absolute Gasteiger partial charge is 0.494 e. The van der Waals surface area contributed by atoms with E-state index in [4.69, 9.17) is 4.74 Å². The lowest BCUT2D eigenvalue weighted by Gasteiger charge is -2.29. The van der Waals surface area contributed by atoms with Crippen molar-refractivity contribution in [1.29, 1.82) is 0 Å². The highest BCUT2D eigenvalue weighted by Gasteiger charge is 2.15. The number of hydrogen-bond acceptors (Lipinski definition) is 4. The molecule has 0 unspecified atom stereocenters. The normalized spacial score (nSPS) is 19.6. The zero-order valence-electron chi connectivity index (χ0n) is 18.2. The SMILES string of the molecule is CC1CCN(CCC(=O)/C=C/c2ccc(OCCCN3CCCCC3)cc2)CC1. The Hall–Kier alpha value is -1.65. The molecule has 4 nitrogen and oxygen atoms in total. The second-order valence-corrected chi connectivity index (χ2v) is 8.75. The summed E-state index contributed by atoms with van der Waals surface area (Å²) in [5, 5.41) is 0. The number of piperidine rings is 2. The number of ketones is 1. The van der Waals surface area contributed by atoms with Crippen LogP contribution in [-0.2, 0) is 4.79 Å². The van der Waals surface area contributed by atoms with Crippen LogP contribution >= 0.6 is 0 Å². The van der Waals surface area contributed by atoms with E-state index in [2.05, 4.69) is 16.7 Å². The van der Waals surface area contributed by atoms with E-state index in [9.17, 15) is 4.79 Å². The molecule has 0 bridgehead atoms. The lowest BCUT2D eigenvalue weighted by molar-refractivity contribution is -0.114. The van der Waals surface area contributed by atoms with Gasteiger partial charge in [-0.15, -0.1) is 0 Å². The minimum absolute atomic E-state index is 0.210. The van der Waals surface area contributed by atoms with Gasteiger partial charge in [-0.2, -0.15) is 0 Å². The molecule has 0 aliphatic carbocycles. The molecule has 4 heteroatoms. The summed E-state index contributed by atoms with van der Waals surface area (Å²) >= 11 is 0. The van der Waals surface area contributed by atoms with Gasteiger partial charge in [-0.3, -0.25) is 4.79 Å². The Bertz CT molecular complexity index is 627. The van der Waals surface area contributed by atoms with E-state index in [1.54, 1.807) is 6.08 Å². The van der Waals surface area contributed by atoms with Crippen molar-refractivity contribution in [3.05, 3.63) is 35.9 Å². The van der Waals surface area contributed by atoms with Crippen LogP contribution in [-0.4, -0.2) is 61.5 Å². The van der Waals surface area contributed by atoms with Crippen LogP contribution in [0, 0.1) is 5.92 Å². The summed E-state index contributed by atoms with van der Waals surface area (Å²) in [5.74, 6) is 1.96. The Labute approximate surface area is 176 Å². The Morgan fingerprint density at radius 1 is 1.00 bits per heavy atom. The van der Waals surface area contributed by atoms with Gasteiger partial charge in [0.05, 0.1) is 6.61 Å². The van der Waals surface area contributed by atoms with Crippen LogP contribution in [0.4, 0.5) is 0 Å². The zero-order chi connectivity index (χ0) is 20.3. The molecule has 29 heavy (non-hydrogen) atoms. The highest BCUT2D eigenvalue weighted by molar-refractivity contribution is 5.93. The second-order valence-electron chi connectivity index (χ2n) is 8.75.